The van der Waals surface area contributed by atoms with E-state index >= 15 is 0 Å². The topological polar surface area (TPSA) is 88.7 Å². The molecule has 170 valence electrons. The normalized spacial score (nSPS) is 15.8. The van der Waals surface area contributed by atoms with Crippen LogP contribution >= 0.6 is 0 Å². The van der Waals surface area contributed by atoms with E-state index in [0.717, 1.165) is 25.2 Å². The van der Waals surface area contributed by atoms with Gasteiger partial charge in [0.1, 0.15) is 12.0 Å². The van der Waals surface area contributed by atoms with Crippen molar-refractivity contribution in [2.45, 2.75) is 50.7 Å². The molecule has 1 aromatic heterocycles. The molecule has 0 radical (unpaired) electrons. The Morgan fingerprint density at radius 2 is 2.03 bits per heavy atom. The third-order valence-electron chi connectivity index (χ3n) is 5.91. The van der Waals surface area contributed by atoms with Crippen LogP contribution in [0.25, 0.3) is 0 Å². The summed E-state index contributed by atoms with van der Waals surface area (Å²) in [5.41, 5.74) is -1.39. The first-order valence-electron chi connectivity index (χ1n) is 10.1. The largest absolute Gasteiger partial charge is 0.416 e. The minimum absolute atomic E-state index is 0.0109. The highest BCUT2D eigenvalue weighted by atomic mass is 19.4. The summed E-state index contributed by atoms with van der Waals surface area (Å²) >= 11 is 0. The van der Waals surface area contributed by atoms with E-state index in [0.29, 0.717) is 24.1 Å². The molecule has 3 rings (SSSR count). The molecule has 1 aliphatic carbocycles. The van der Waals surface area contributed by atoms with Crippen LogP contribution < -0.4 is 10.7 Å². The van der Waals surface area contributed by atoms with Crippen molar-refractivity contribution < 1.29 is 18.0 Å². The highest BCUT2D eigenvalue weighted by Crippen LogP contribution is 2.44. The number of nitrogens with zero attached hydrogens (tertiary/aromatic N) is 4. The van der Waals surface area contributed by atoms with Gasteiger partial charge in [-0.3, -0.25) is 19.3 Å². The van der Waals surface area contributed by atoms with Crippen molar-refractivity contribution in [1.29, 1.82) is 0 Å². The number of amides is 1. The number of benzene rings is 1. The molecule has 1 amide bonds. The Hall–Kier alpha value is -3.30. The molecule has 1 N–H and O–H groups in total. The summed E-state index contributed by atoms with van der Waals surface area (Å²) in [6.45, 7) is 5.13. The summed E-state index contributed by atoms with van der Waals surface area (Å²) in [6.07, 6.45) is -0.340. The first-order chi connectivity index (χ1) is 15.1. The van der Waals surface area contributed by atoms with E-state index in [2.05, 4.69) is 27.1 Å². The molecule has 0 atom stereocenters. The molecule has 0 bridgehead atoms. The van der Waals surface area contributed by atoms with E-state index in [1.54, 1.807) is 13.0 Å². The van der Waals surface area contributed by atoms with Crippen LogP contribution in [-0.4, -0.2) is 35.8 Å². The zero-order valence-corrected chi connectivity index (χ0v) is 17.9. The van der Waals surface area contributed by atoms with Gasteiger partial charge in [-0.15, -0.1) is 0 Å². The molecular formula is C22H24F3N5O2. The van der Waals surface area contributed by atoms with Crippen molar-refractivity contribution in [1.82, 2.24) is 15.1 Å². The molecule has 0 spiro atoms. The Labute approximate surface area is 183 Å². The Balaban J connectivity index is 2.16. The molecule has 1 saturated carbocycles. The van der Waals surface area contributed by atoms with Gasteiger partial charge in [0.05, 0.1) is 17.8 Å². The fraction of sp³-hybridized carbons (Fsp3) is 0.409. The summed E-state index contributed by atoms with van der Waals surface area (Å²) in [7, 11) is 1.38. The lowest BCUT2D eigenvalue weighted by Crippen LogP contribution is -2.35. The van der Waals surface area contributed by atoms with E-state index in [9.17, 15) is 22.8 Å². The van der Waals surface area contributed by atoms with Gasteiger partial charge in [0.2, 0.25) is 5.43 Å². The van der Waals surface area contributed by atoms with Crippen molar-refractivity contribution in [2.75, 3.05) is 7.05 Å². The Morgan fingerprint density at radius 3 is 2.62 bits per heavy atom. The molecular weight excluding hydrogens is 423 g/mol. The van der Waals surface area contributed by atoms with E-state index in [1.807, 2.05) is 0 Å². The van der Waals surface area contributed by atoms with Crippen molar-refractivity contribution in [3.63, 3.8) is 0 Å². The number of halogens is 3. The second kappa shape index (κ2) is 9.05. The van der Waals surface area contributed by atoms with E-state index in [4.69, 9.17) is 0 Å². The molecule has 1 aliphatic rings. The second-order valence-electron chi connectivity index (χ2n) is 7.84. The maximum atomic E-state index is 13.3. The van der Waals surface area contributed by atoms with Crippen molar-refractivity contribution in [3.8, 4) is 0 Å². The van der Waals surface area contributed by atoms with Crippen molar-refractivity contribution in [2.24, 2.45) is 9.98 Å². The van der Waals surface area contributed by atoms with Crippen LogP contribution in [0.5, 0.6) is 0 Å². The number of aliphatic imine (C=N–C) groups is 2. The first kappa shape index (κ1) is 23.4. The standard InChI is InChI=1S/C22H24F3N5O2/c1-14-17(28-13-26-2)19(31)18(20(32)27-3)29-30(14)12-21(9-4-5-10-21)15-7-6-8-16(11-15)22(23,24)25/h6-8,11,13H,2,4-5,9-10,12H2,1,3H3,(H,27,32)/b28-13-. The fourth-order valence-corrected chi connectivity index (χ4v) is 4.21. The predicted octanol–water partition coefficient (Wildman–Crippen LogP) is 3.80. The molecule has 1 fully saturated rings. The van der Waals surface area contributed by atoms with Gasteiger partial charge in [0.15, 0.2) is 5.69 Å². The van der Waals surface area contributed by atoms with Crippen LogP contribution in [0.15, 0.2) is 39.0 Å². The van der Waals surface area contributed by atoms with E-state index in [-0.39, 0.29) is 17.9 Å². The summed E-state index contributed by atoms with van der Waals surface area (Å²) in [4.78, 5) is 32.6. The van der Waals surface area contributed by atoms with Gasteiger partial charge in [0.25, 0.3) is 5.91 Å². The monoisotopic (exact) mass is 447 g/mol. The van der Waals surface area contributed by atoms with Crippen LogP contribution in [0.3, 0.4) is 0 Å². The number of hydrogen-bond donors (Lipinski definition) is 1. The van der Waals surface area contributed by atoms with Crippen LogP contribution in [0, 0.1) is 6.92 Å². The maximum Gasteiger partial charge on any atom is 0.416 e. The Kier molecular flexibility index (Phi) is 6.61. The number of rotatable bonds is 6. The summed E-state index contributed by atoms with van der Waals surface area (Å²) in [5.74, 6) is -0.675. The van der Waals surface area contributed by atoms with Crippen LogP contribution in [-0.2, 0) is 18.1 Å². The van der Waals surface area contributed by atoms with Gasteiger partial charge in [-0.2, -0.15) is 18.3 Å². The summed E-state index contributed by atoms with van der Waals surface area (Å²) in [5, 5.41) is 6.65. The maximum absolute atomic E-state index is 13.3. The van der Waals surface area contributed by atoms with Crippen LogP contribution in [0.1, 0.15) is 53.0 Å². The smallest absolute Gasteiger partial charge is 0.354 e. The Morgan fingerprint density at radius 1 is 1.34 bits per heavy atom. The number of hydrogen-bond acceptors (Lipinski definition) is 4. The number of carbonyl (C=O) groups is 1. The minimum atomic E-state index is -4.45. The zero-order chi connectivity index (χ0) is 23.5. The minimum Gasteiger partial charge on any atom is -0.354 e. The second-order valence-corrected chi connectivity index (χ2v) is 7.84. The Bertz CT molecular complexity index is 1120. The highest BCUT2D eigenvalue weighted by molar-refractivity contribution is 5.92. The van der Waals surface area contributed by atoms with Gasteiger partial charge in [0, 0.05) is 12.5 Å². The van der Waals surface area contributed by atoms with Gasteiger partial charge in [-0.05, 0) is 38.1 Å². The quantitative estimate of drug-likeness (QED) is 0.540. The molecule has 10 heteroatoms. The zero-order valence-electron chi connectivity index (χ0n) is 17.9. The van der Waals surface area contributed by atoms with Gasteiger partial charge >= 0.3 is 6.18 Å². The molecule has 1 heterocycles. The molecule has 1 aromatic carbocycles. The van der Waals surface area contributed by atoms with Gasteiger partial charge in [-0.1, -0.05) is 31.0 Å². The number of carbonyl (C=O) groups excluding carboxylic acids is 1. The average molecular weight is 447 g/mol. The fourth-order valence-electron chi connectivity index (χ4n) is 4.21. The van der Waals surface area contributed by atoms with Crippen LogP contribution in [0.4, 0.5) is 18.9 Å². The van der Waals surface area contributed by atoms with E-state index in [1.165, 1.54) is 23.9 Å². The molecule has 7 nitrogen and oxygen atoms in total. The molecule has 32 heavy (non-hydrogen) atoms. The van der Waals surface area contributed by atoms with Crippen LogP contribution in [0.2, 0.25) is 0 Å². The average Bonchev–Trinajstić information content (AvgIpc) is 3.24. The number of aromatic nitrogens is 2. The molecule has 0 saturated heterocycles. The van der Waals surface area contributed by atoms with Gasteiger partial charge < -0.3 is 5.32 Å². The number of nitrogens with one attached hydrogen (secondary N) is 1. The van der Waals surface area contributed by atoms with Crippen molar-refractivity contribution in [3.05, 3.63) is 57.0 Å². The van der Waals surface area contributed by atoms with Crippen molar-refractivity contribution >= 4 is 24.7 Å². The summed E-state index contributed by atoms with van der Waals surface area (Å²) < 4.78 is 41.5. The lowest BCUT2D eigenvalue weighted by Gasteiger charge is -2.32. The predicted molar refractivity (Wildman–Crippen MR) is 116 cm³/mol. The molecule has 2 aromatic rings. The van der Waals surface area contributed by atoms with Gasteiger partial charge in [-0.25, -0.2) is 4.99 Å². The molecule has 0 aliphatic heterocycles. The first-order valence-corrected chi connectivity index (χ1v) is 10.1. The lowest BCUT2D eigenvalue weighted by molar-refractivity contribution is -0.137. The van der Waals surface area contributed by atoms with E-state index < -0.39 is 28.5 Å². The lowest BCUT2D eigenvalue weighted by atomic mass is 9.78. The third-order valence-corrected chi connectivity index (χ3v) is 5.91. The summed E-state index contributed by atoms with van der Waals surface area (Å²) in [6, 6.07) is 5.33. The SMILES string of the molecule is C=N/C=N\c1c(C)n(CC2(c3cccc(C(F)(F)F)c3)CCCC2)nc(C(=O)NC)c1=O. The highest BCUT2D eigenvalue weighted by Gasteiger charge is 2.39. The number of alkyl halides is 3. The molecule has 0 unspecified atom stereocenters. The third kappa shape index (κ3) is 4.49.